The third-order valence-electron chi connectivity index (χ3n) is 1.88. The summed E-state index contributed by atoms with van der Waals surface area (Å²) in [6.45, 7) is 1.53. The van der Waals surface area contributed by atoms with Crippen LogP contribution in [0, 0.1) is 6.92 Å². The smallest absolute Gasteiger partial charge is 0.307 e. The van der Waals surface area contributed by atoms with Crippen molar-refractivity contribution in [2.45, 2.75) is 19.8 Å². The Labute approximate surface area is 89.7 Å². The van der Waals surface area contributed by atoms with Crippen molar-refractivity contribution in [1.82, 2.24) is 4.98 Å². The third-order valence-corrected chi connectivity index (χ3v) is 2.18. The largest absolute Gasteiger partial charge is 0.481 e. The quantitative estimate of drug-likeness (QED) is 0.820. The van der Waals surface area contributed by atoms with Gasteiger partial charge in [-0.15, -0.1) is 0 Å². The first-order valence-corrected chi connectivity index (χ1v) is 4.45. The molecule has 0 aliphatic carbocycles. The minimum Gasteiger partial charge on any atom is -0.481 e. The molecule has 0 fully saturated rings. The Bertz CT molecular complexity index is 396. The number of pyridine rings is 1. The second kappa shape index (κ2) is 4.53. The van der Waals surface area contributed by atoms with E-state index in [2.05, 4.69) is 4.98 Å². The van der Waals surface area contributed by atoms with Gasteiger partial charge in [0.25, 0.3) is 6.43 Å². The first kappa shape index (κ1) is 11.8. The molecule has 0 atom stereocenters. The lowest BCUT2D eigenvalue weighted by Gasteiger charge is -2.07. The Balaban J connectivity index is 3.17. The van der Waals surface area contributed by atoms with Gasteiger partial charge in [-0.25, -0.2) is 13.8 Å². The van der Waals surface area contributed by atoms with Crippen molar-refractivity contribution in [3.8, 4) is 0 Å². The Morgan fingerprint density at radius 1 is 1.67 bits per heavy atom. The molecule has 1 rings (SSSR count). The number of rotatable bonds is 3. The van der Waals surface area contributed by atoms with Crippen LogP contribution in [0.25, 0.3) is 0 Å². The fraction of sp³-hybridized carbons (Fsp3) is 0.333. The zero-order valence-corrected chi connectivity index (χ0v) is 8.55. The number of carboxylic acid groups (broad SMARTS) is 1. The first-order chi connectivity index (χ1) is 6.91. The Morgan fingerprint density at radius 3 is 2.73 bits per heavy atom. The summed E-state index contributed by atoms with van der Waals surface area (Å²) in [6, 6.07) is 1.09. The summed E-state index contributed by atoms with van der Waals surface area (Å²) in [6.07, 6.45) is -3.09. The van der Waals surface area contributed by atoms with E-state index in [4.69, 9.17) is 16.7 Å². The van der Waals surface area contributed by atoms with Gasteiger partial charge in [-0.3, -0.25) is 4.79 Å². The van der Waals surface area contributed by atoms with Crippen LogP contribution in [-0.4, -0.2) is 16.1 Å². The molecule has 1 N–H and O–H groups in total. The lowest BCUT2D eigenvalue weighted by Crippen LogP contribution is -2.05. The number of aromatic nitrogens is 1. The van der Waals surface area contributed by atoms with Crippen molar-refractivity contribution in [1.29, 1.82) is 0 Å². The molecule has 0 aliphatic heterocycles. The number of hydrogen-bond acceptors (Lipinski definition) is 2. The molecular weight excluding hydrogens is 228 g/mol. The van der Waals surface area contributed by atoms with Crippen LogP contribution in [0.15, 0.2) is 6.07 Å². The molecule has 0 saturated carbocycles. The molecule has 0 unspecified atom stereocenters. The highest BCUT2D eigenvalue weighted by atomic mass is 35.5. The second-order valence-corrected chi connectivity index (χ2v) is 3.34. The summed E-state index contributed by atoms with van der Waals surface area (Å²) >= 11 is 5.49. The van der Waals surface area contributed by atoms with Gasteiger partial charge in [-0.1, -0.05) is 11.6 Å². The zero-order valence-electron chi connectivity index (χ0n) is 7.80. The Hall–Kier alpha value is -1.23. The van der Waals surface area contributed by atoms with E-state index in [1.54, 1.807) is 0 Å². The number of nitrogens with zero attached hydrogens (tertiary/aromatic N) is 1. The topological polar surface area (TPSA) is 50.2 Å². The molecule has 3 nitrogen and oxygen atoms in total. The zero-order chi connectivity index (χ0) is 11.6. The maximum Gasteiger partial charge on any atom is 0.307 e. The van der Waals surface area contributed by atoms with Crippen LogP contribution in [0.3, 0.4) is 0 Å². The fourth-order valence-electron chi connectivity index (χ4n) is 1.13. The predicted molar refractivity (Wildman–Crippen MR) is 50.3 cm³/mol. The van der Waals surface area contributed by atoms with E-state index < -0.39 is 18.0 Å². The van der Waals surface area contributed by atoms with E-state index in [9.17, 15) is 13.6 Å². The predicted octanol–water partition coefficient (Wildman–Crippen LogP) is 2.61. The van der Waals surface area contributed by atoms with Gasteiger partial charge in [0.1, 0.15) is 5.15 Å². The van der Waals surface area contributed by atoms with Gasteiger partial charge in [0.05, 0.1) is 12.0 Å². The lowest BCUT2D eigenvalue weighted by atomic mass is 10.1. The summed E-state index contributed by atoms with van der Waals surface area (Å²) in [4.78, 5) is 14.1. The normalized spacial score (nSPS) is 10.7. The van der Waals surface area contributed by atoms with Crippen molar-refractivity contribution < 1.29 is 18.7 Å². The molecule has 1 aromatic rings. The summed E-state index contributed by atoms with van der Waals surface area (Å²) in [5, 5.41) is 8.26. The number of alkyl halides is 2. The number of hydrogen-bond donors (Lipinski definition) is 1. The molecule has 1 aromatic heterocycles. The highest BCUT2D eigenvalue weighted by Crippen LogP contribution is 2.27. The minimum absolute atomic E-state index is 0.252. The van der Waals surface area contributed by atoms with Crippen LogP contribution in [-0.2, 0) is 11.2 Å². The molecule has 0 spiro atoms. The molecule has 0 radical (unpaired) electrons. The lowest BCUT2D eigenvalue weighted by molar-refractivity contribution is -0.136. The summed E-state index contributed by atoms with van der Waals surface area (Å²) in [5.74, 6) is -1.09. The third kappa shape index (κ3) is 2.86. The van der Waals surface area contributed by atoms with E-state index in [1.165, 1.54) is 6.92 Å². The van der Waals surface area contributed by atoms with Crippen LogP contribution in [0.5, 0.6) is 0 Å². The SMILES string of the molecule is Cc1nc(Cl)c(C(F)F)cc1CC(=O)O. The van der Waals surface area contributed by atoms with Gasteiger partial charge in [0.15, 0.2) is 0 Å². The monoisotopic (exact) mass is 235 g/mol. The van der Waals surface area contributed by atoms with Crippen LogP contribution in [0.4, 0.5) is 8.78 Å². The Kier molecular flexibility index (Phi) is 3.57. The van der Waals surface area contributed by atoms with Crippen LogP contribution >= 0.6 is 11.6 Å². The highest BCUT2D eigenvalue weighted by molar-refractivity contribution is 6.30. The maximum atomic E-state index is 12.4. The van der Waals surface area contributed by atoms with Gasteiger partial charge in [0.2, 0.25) is 0 Å². The molecule has 6 heteroatoms. The average molecular weight is 236 g/mol. The molecule has 0 aliphatic rings. The molecular formula is C9H8ClF2NO2. The van der Waals surface area contributed by atoms with Crippen molar-refractivity contribution in [2.24, 2.45) is 0 Å². The van der Waals surface area contributed by atoms with Crippen LogP contribution in [0.2, 0.25) is 5.15 Å². The van der Waals surface area contributed by atoms with Gasteiger partial charge in [0, 0.05) is 5.69 Å². The first-order valence-electron chi connectivity index (χ1n) is 4.07. The molecule has 15 heavy (non-hydrogen) atoms. The van der Waals surface area contributed by atoms with Crippen molar-refractivity contribution in [2.75, 3.05) is 0 Å². The van der Waals surface area contributed by atoms with Crippen LogP contribution < -0.4 is 0 Å². The Morgan fingerprint density at radius 2 is 2.27 bits per heavy atom. The number of carboxylic acids is 1. The molecule has 0 amide bonds. The highest BCUT2D eigenvalue weighted by Gasteiger charge is 2.16. The number of halogens is 3. The van der Waals surface area contributed by atoms with Crippen LogP contribution in [0.1, 0.15) is 23.2 Å². The average Bonchev–Trinajstić information content (AvgIpc) is 2.08. The molecule has 0 saturated heterocycles. The molecule has 82 valence electrons. The van der Waals surface area contributed by atoms with Crippen molar-refractivity contribution in [3.63, 3.8) is 0 Å². The fourth-order valence-corrected chi connectivity index (χ4v) is 1.39. The van der Waals surface area contributed by atoms with E-state index >= 15 is 0 Å². The summed E-state index contributed by atoms with van der Waals surface area (Å²) < 4.78 is 24.8. The van der Waals surface area contributed by atoms with Gasteiger partial charge in [-0.2, -0.15) is 0 Å². The van der Waals surface area contributed by atoms with Gasteiger partial charge >= 0.3 is 5.97 Å². The maximum absolute atomic E-state index is 12.4. The molecule has 1 heterocycles. The van der Waals surface area contributed by atoms with E-state index in [1.807, 2.05) is 0 Å². The molecule has 0 bridgehead atoms. The van der Waals surface area contributed by atoms with Crippen molar-refractivity contribution in [3.05, 3.63) is 28.0 Å². The second-order valence-electron chi connectivity index (χ2n) is 2.98. The number of carbonyl (C=O) groups is 1. The minimum atomic E-state index is -2.75. The molecule has 0 aromatic carbocycles. The summed E-state index contributed by atoms with van der Waals surface area (Å²) in [5.41, 5.74) is 0.174. The van der Waals surface area contributed by atoms with E-state index in [0.717, 1.165) is 6.07 Å². The summed E-state index contributed by atoms with van der Waals surface area (Å²) in [7, 11) is 0. The standard InChI is InChI=1S/C9H8ClF2NO2/c1-4-5(3-7(14)15)2-6(9(11)12)8(10)13-4/h2,9H,3H2,1H3,(H,14,15). The number of aliphatic carboxylic acids is 1. The van der Waals surface area contributed by atoms with E-state index in [0.29, 0.717) is 5.69 Å². The van der Waals surface area contributed by atoms with Gasteiger partial charge < -0.3 is 5.11 Å². The number of aryl methyl sites for hydroxylation is 1. The van der Waals surface area contributed by atoms with Crippen molar-refractivity contribution >= 4 is 17.6 Å². The van der Waals surface area contributed by atoms with E-state index in [-0.39, 0.29) is 17.1 Å². The van der Waals surface area contributed by atoms with Gasteiger partial charge in [-0.05, 0) is 18.6 Å².